The van der Waals surface area contributed by atoms with Crippen LogP contribution in [0.1, 0.15) is 28.4 Å². The van der Waals surface area contributed by atoms with Crippen LogP contribution in [0.15, 0.2) is 42.5 Å². The fraction of sp³-hybridized carbons (Fsp3) is 0.316. The number of rotatable bonds is 4. The molecule has 3 rings (SSSR count). The SMILES string of the molecule is COc1ccc(C(=O)N2C[C@H](O)C[C@@H]2c2ccc(F)cc2)cc1OC. The van der Waals surface area contributed by atoms with Crippen LogP contribution in [0.4, 0.5) is 4.39 Å². The number of nitrogens with zero attached hydrogens (tertiary/aromatic N) is 1. The second-order valence-corrected chi connectivity index (χ2v) is 5.98. The molecular weight excluding hydrogens is 325 g/mol. The van der Waals surface area contributed by atoms with E-state index in [-0.39, 0.29) is 24.3 Å². The highest BCUT2D eigenvalue weighted by Crippen LogP contribution is 2.35. The Hall–Kier alpha value is -2.60. The molecule has 2 aromatic rings. The van der Waals surface area contributed by atoms with Crippen LogP contribution in [-0.4, -0.2) is 42.8 Å². The standard InChI is InChI=1S/C19H20FNO4/c1-24-17-8-5-13(9-18(17)25-2)19(23)21-11-15(22)10-16(21)12-3-6-14(20)7-4-12/h3-9,15-16,22H,10-11H2,1-2H3/t15-,16-/m1/s1. The van der Waals surface area contributed by atoms with Gasteiger partial charge in [0.2, 0.25) is 0 Å². The summed E-state index contributed by atoms with van der Waals surface area (Å²) in [5.74, 6) is 0.453. The Morgan fingerprint density at radius 1 is 1.12 bits per heavy atom. The first-order valence-electron chi connectivity index (χ1n) is 8.00. The molecule has 0 spiro atoms. The first kappa shape index (κ1) is 17.2. The number of hydrogen-bond donors (Lipinski definition) is 1. The van der Waals surface area contributed by atoms with E-state index in [0.717, 1.165) is 5.56 Å². The van der Waals surface area contributed by atoms with Gasteiger partial charge in [-0.2, -0.15) is 0 Å². The number of β-amino-alcohol motifs (C(OH)–C–C–N with tert-alkyl or cyclic N) is 1. The summed E-state index contributed by atoms with van der Waals surface area (Å²) < 4.78 is 23.6. The van der Waals surface area contributed by atoms with Crippen molar-refractivity contribution >= 4 is 5.91 Å². The van der Waals surface area contributed by atoms with Crippen molar-refractivity contribution < 1.29 is 23.8 Å². The molecule has 5 nitrogen and oxygen atoms in total. The van der Waals surface area contributed by atoms with Crippen molar-refractivity contribution in [3.63, 3.8) is 0 Å². The van der Waals surface area contributed by atoms with Gasteiger partial charge in [0.25, 0.3) is 5.91 Å². The van der Waals surface area contributed by atoms with Gasteiger partial charge in [-0.15, -0.1) is 0 Å². The van der Waals surface area contributed by atoms with Gasteiger partial charge in [0, 0.05) is 12.1 Å². The third kappa shape index (κ3) is 3.44. The van der Waals surface area contributed by atoms with Crippen molar-refractivity contribution in [2.75, 3.05) is 20.8 Å². The zero-order valence-electron chi connectivity index (χ0n) is 14.1. The van der Waals surface area contributed by atoms with Crippen LogP contribution in [0.2, 0.25) is 0 Å². The molecule has 132 valence electrons. The van der Waals surface area contributed by atoms with Crippen molar-refractivity contribution in [1.29, 1.82) is 0 Å². The molecule has 1 saturated heterocycles. The van der Waals surface area contributed by atoms with Gasteiger partial charge in [0.05, 0.1) is 26.4 Å². The number of aliphatic hydroxyl groups excluding tert-OH is 1. The first-order valence-corrected chi connectivity index (χ1v) is 8.00. The highest BCUT2D eigenvalue weighted by Gasteiger charge is 2.36. The summed E-state index contributed by atoms with van der Waals surface area (Å²) in [6.07, 6.45) is -0.191. The highest BCUT2D eigenvalue weighted by atomic mass is 19.1. The van der Waals surface area contributed by atoms with Gasteiger partial charge in [0.1, 0.15) is 5.82 Å². The molecule has 1 fully saturated rings. The van der Waals surface area contributed by atoms with Gasteiger partial charge in [-0.05, 0) is 42.3 Å². The van der Waals surface area contributed by atoms with E-state index in [1.54, 1.807) is 35.2 Å². The Balaban J connectivity index is 1.90. The summed E-state index contributed by atoms with van der Waals surface area (Å²) in [6, 6.07) is 10.7. The summed E-state index contributed by atoms with van der Waals surface area (Å²) in [5, 5.41) is 10.1. The summed E-state index contributed by atoms with van der Waals surface area (Å²) in [5.41, 5.74) is 1.24. The molecule has 2 aromatic carbocycles. The lowest BCUT2D eigenvalue weighted by Crippen LogP contribution is -2.31. The molecule has 0 bridgehead atoms. The van der Waals surface area contributed by atoms with Crippen LogP contribution in [0.25, 0.3) is 0 Å². The minimum atomic E-state index is -0.612. The maximum Gasteiger partial charge on any atom is 0.254 e. The van der Waals surface area contributed by atoms with Crippen LogP contribution in [0.5, 0.6) is 11.5 Å². The van der Waals surface area contributed by atoms with E-state index >= 15 is 0 Å². The number of halogens is 1. The van der Waals surface area contributed by atoms with Crippen LogP contribution in [-0.2, 0) is 0 Å². The van der Waals surface area contributed by atoms with Crippen molar-refractivity contribution in [1.82, 2.24) is 4.90 Å². The number of hydrogen-bond acceptors (Lipinski definition) is 4. The highest BCUT2D eigenvalue weighted by molar-refractivity contribution is 5.95. The van der Waals surface area contributed by atoms with E-state index in [9.17, 15) is 14.3 Å². The fourth-order valence-corrected chi connectivity index (χ4v) is 3.17. The largest absolute Gasteiger partial charge is 0.493 e. The number of methoxy groups -OCH3 is 2. The van der Waals surface area contributed by atoms with Gasteiger partial charge in [-0.3, -0.25) is 4.79 Å². The summed E-state index contributed by atoms with van der Waals surface area (Å²) in [6.45, 7) is 0.231. The molecule has 0 aliphatic carbocycles. The quantitative estimate of drug-likeness (QED) is 0.926. The average Bonchev–Trinajstić information content (AvgIpc) is 3.02. The number of amides is 1. The number of carbonyl (C=O) groups is 1. The smallest absolute Gasteiger partial charge is 0.254 e. The van der Waals surface area contributed by atoms with Crippen molar-refractivity contribution in [2.45, 2.75) is 18.6 Å². The molecule has 0 radical (unpaired) electrons. The van der Waals surface area contributed by atoms with Gasteiger partial charge in [0.15, 0.2) is 11.5 Å². The molecule has 0 unspecified atom stereocenters. The van der Waals surface area contributed by atoms with Crippen molar-refractivity contribution in [3.05, 3.63) is 59.4 Å². The van der Waals surface area contributed by atoms with E-state index in [4.69, 9.17) is 9.47 Å². The van der Waals surface area contributed by atoms with E-state index in [1.807, 2.05) is 0 Å². The zero-order valence-corrected chi connectivity index (χ0v) is 14.1. The lowest BCUT2D eigenvalue weighted by Gasteiger charge is -2.25. The maximum absolute atomic E-state index is 13.2. The van der Waals surface area contributed by atoms with E-state index in [0.29, 0.717) is 23.5 Å². The van der Waals surface area contributed by atoms with Gasteiger partial charge < -0.3 is 19.5 Å². The Morgan fingerprint density at radius 2 is 1.80 bits per heavy atom. The minimum absolute atomic E-state index is 0.216. The van der Waals surface area contributed by atoms with Crippen molar-refractivity contribution in [3.8, 4) is 11.5 Å². The first-order chi connectivity index (χ1) is 12.0. The summed E-state index contributed by atoms with van der Waals surface area (Å²) >= 11 is 0. The molecule has 0 aromatic heterocycles. The van der Waals surface area contributed by atoms with Crippen LogP contribution in [0.3, 0.4) is 0 Å². The van der Waals surface area contributed by atoms with E-state index < -0.39 is 6.10 Å². The van der Waals surface area contributed by atoms with Crippen LogP contribution < -0.4 is 9.47 Å². The fourth-order valence-electron chi connectivity index (χ4n) is 3.17. The molecule has 1 amide bonds. The number of benzene rings is 2. The Bertz CT molecular complexity index is 763. The molecule has 1 aliphatic rings. The van der Waals surface area contributed by atoms with Gasteiger partial charge in [-0.1, -0.05) is 12.1 Å². The molecule has 1 aliphatic heterocycles. The number of carbonyl (C=O) groups excluding carboxylic acids is 1. The zero-order chi connectivity index (χ0) is 18.0. The Kier molecular flexibility index (Phi) is 4.90. The normalized spacial score (nSPS) is 19.8. The summed E-state index contributed by atoms with van der Waals surface area (Å²) in [7, 11) is 3.04. The Morgan fingerprint density at radius 3 is 2.44 bits per heavy atom. The Labute approximate surface area is 145 Å². The van der Waals surface area contributed by atoms with Crippen LogP contribution in [0, 0.1) is 5.82 Å². The summed E-state index contributed by atoms with van der Waals surface area (Å²) in [4.78, 5) is 14.6. The lowest BCUT2D eigenvalue weighted by atomic mass is 10.0. The second kappa shape index (κ2) is 7.11. The second-order valence-electron chi connectivity index (χ2n) is 5.98. The molecule has 2 atom stereocenters. The van der Waals surface area contributed by atoms with E-state index in [2.05, 4.69) is 0 Å². The topological polar surface area (TPSA) is 59.0 Å². The van der Waals surface area contributed by atoms with Crippen LogP contribution >= 0.6 is 0 Å². The van der Waals surface area contributed by atoms with E-state index in [1.165, 1.54) is 26.4 Å². The predicted molar refractivity (Wildman–Crippen MR) is 90.3 cm³/mol. The maximum atomic E-state index is 13.2. The molecule has 0 saturated carbocycles. The molecule has 1 N–H and O–H groups in total. The predicted octanol–water partition coefficient (Wildman–Crippen LogP) is 2.79. The van der Waals surface area contributed by atoms with Crippen molar-refractivity contribution in [2.24, 2.45) is 0 Å². The average molecular weight is 345 g/mol. The number of aliphatic hydroxyl groups is 1. The minimum Gasteiger partial charge on any atom is -0.493 e. The van der Waals surface area contributed by atoms with Gasteiger partial charge >= 0.3 is 0 Å². The molecular formula is C19H20FNO4. The number of likely N-dealkylation sites (tertiary alicyclic amines) is 1. The molecule has 6 heteroatoms. The molecule has 1 heterocycles. The third-order valence-electron chi connectivity index (χ3n) is 4.43. The molecule has 25 heavy (non-hydrogen) atoms. The monoisotopic (exact) mass is 345 g/mol. The lowest BCUT2D eigenvalue weighted by molar-refractivity contribution is 0.0715. The number of ether oxygens (including phenoxy) is 2. The van der Waals surface area contributed by atoms with Gasteiger partial charge in [-0.25, -0.2) is 4.39 Å². The third-order valence-corrected chi connectivity index (χ3v) is 4.43.